The predicted octanol–water partition coefficient (Wildman–Crippen LogP) is 0.978. The molecule has 1 atom stereocenters. The van der Waals surface area contributed by atoms with E-state index in [1.807, 2.05) is 19.9 Å². The third kappa shape index (κ3) is 8.83. The molecule has 0 aromatic heterocycles. The zero-order valence-electron chi connectivity index (χ0n) is 8.87. The van der Waals surface area contributed by atoms with Crippen molar-refractivity contribution in [2.24, 2.45) is 5.73 Å². The first-order valence-corrected chi connectivity index (χ1v) is 4.43. The molecular weight excluding hydrogens is 166 g/mol. The summed E-state index contributed by atoms with van der Waals surface area (Å²) in [6.45, 7) is 4.00. The molecule has 78 valence electrons. The lowest BCUT2D eigenvalue weighted by atomic mass is 10.2. The molecule has 0 bridgehead atoms. The molecular formula is C9H21N3O. The zero-order chi connectivity index (χ0) is 10.9. The van der Waals surface area contributed by atoms with Crippen LogP contribution in [0.2, 0.25) is 0 Å². The molecule has 4 nitrogen and oxygen atoms in total. The molecule has 0 aromatic carbocycles. The van der Waals surface area contributed by atoms with Crippen LogP contribution in [0.4, 0.5) is 0 Å². The predicted molar refractivity (Wildman–Crippen MR) is 55.0 cm³/mol. The van der Waals surface area contributed by atoms with E-state index >= 15 is 0 Å². The normalized spacial score (nSPS) is 10.5. The van der Waals surface area contributed by atoms with Crippen molar-refractivity contribution < 1.29 is 6.22 Å². The van der Waals surface area contributed by atoms with Crippen LogP contribution in [0, 0.1) is 11.3 Å². The van der Waals surface area contributed by atoms with Crippen LogP contribution < -0.4 is 5.73 Å². The molecule has 0 rings (SSSR count). The third-order valence-electron chi connectivity index (χ3n) is 1.33. The quantitative estimate of drug-likeness (QED) is 0.716. The van der Waals surface area contributed by atoms with Crippen molar-refractivity contribution in [1.82, 2.24) is 4.90 Å². The highest BCUT2D eigenvalue weighted by Gasteiger charge is 2.06. The van der Waals surface area contributed by atoms with Crippen molar-refractivity contribution in [3.63, 3.8) is 0 Å². The number of nitrogens with two attached hydrogens (primary N) is 1. The minimum absolute atomic E-state index is 0. The molecule has 1 amide bonds. The molecule has 0 aromatic rings. The first-order valence-electron chi connectivity index (χ1n) is 4.43. The van der Waals surface area contributed by atoms with Crippen molar-refractivity contribution in [2.75, 3.05) is 14.1 Å². The highest BCUT2D eigenvalue weighted by molar-refractivity contribution is 5.75. The van der Waals surface area contributed by atoms with Crippen LogP contribution >= 0.6 is 0 Å². The molecule has 13 heavy (non-hydrogen) atoms. The monoisotopic (exact) mass is 187 g/mol. The van der Waals surface area contributed by atoms with Gasteiger partial charge in [-0.1, -0.05) is 13.8 Å². The van der Waals surface area contributed by atoms with Gasteiger partial charge >= 0.3 is 0 Å². The summed E-state index contributed by atoms with van der Waals surface area (Å²) in [6, 6.07) is 1.35. The van der Waals surface area contributed by atoms with Gasteiger partial charge in [0.1, 0.15) is 0 Å². The molecule has 4 heteroatoms. The molecule has 0 aliphatic heterocycles. The molecule has 2 N–H and O–H groups in total. The van der Waals surface area contributed by atoms with Crippen molar-refractivity contribution in [3.05, 3.63) is 0 Å². The van der Waals surface area contributed by atoms with E-state index in [0.717, 1.165) is 0 Å². The first-order chi connectivity index (χ1) is 6.07. The Labute approximate surface area is 81.8 Å². The lowest BCUT2D eigenvalue weighted by molar-refractivity contribution is -0.128. The maximum atomic E-state index is 10.9. The summed E-state index contributed by atoms with van der Waals surface area (Å²) >= 11 is 0. The van der Waals surface area contributed by atoms with Gasteiger partial charge in [-0.25, -0.2) is 0 Å². The first kappa shape index (κ1) is 14.4. The fourth-order valence-electron chi connectivity index (χ4n) is 0.567. The Morgan fingerprint density at radius 1 is 1.62 bits per heavy atom. The maximum Gasteiger partial charge on any atom is 0.222 e. The molecule has 0 spiro atoms. The molecule has 0 aliphatic carbocycles. The Hall–Kier alpha value is -1.08. The van der Waals surface area contributed by atoms with E-state index in [1.165, 1.54) is 4.90 Å². The number of hydrogen-bond donors (Lipinski definition) is 1. The van der Waals surface area contributed by atoms with Crippen molar-refractivity contribution in [1.29, 1.82) is 5.26 Å². The van der Waals surface area contributed by atoms with Crippen LogP contribution in [-0.2, 0) is 4.79 Å². The van der Waals surface area contributed by atoms with Gasteiger partial charge in [0.15, 0.2) is 0 Å². The van der Waals surface area contributed by atoms with E-state index in [1.54, 1.807) is 14.1 Å². The zero-order valence-corrected chi connectivity index (χ0v) is 8.87. The molecule has 0 radical (unpaired) electrons. The Bertz CT molecular complexity index is 177. The van der Waals surface area contributed by atoms with E-state index in [-0.39, 0.29) is 7.33 Å². The second kappa shape index (κ2) is 9.01. The number of amides is 1. The average Bonchev–Trinajstić information content (AvgIpc) is 2.16. The summed E-state index contributed by atoms with van der Waals surface area (Å²) in [5.41, 5.74) is 5.29. The van der Waals surface area contributed by atoms with Gasteiger partial charge < -0.3 is 10.6 Å². The number of carbonyl (C=O) groups excluding carboxylic acids is 1. The standard InChI is InChI=1S/C7H13N3O.C2H6.H2/c1-10(2)7(11)4-3-6(9)5-8;1-2;/h6H,3-4,9H2,1-2H3;1-2H3;1H. The SMILES string of the molecule is CC.CN(C)C(=O)CCC(N)C#N.[HH]. The van der Waals surface area contributed by atoms with Crippen LogP contribution in [0.15, 0.2) is 0 Å². The molecule has 0 saturated heterocycles. The summed E-state index contributed by atoms with van der Waals surface area (Å²) in [7, 11) is 3.36. The highest BCUT2D eigenvalue weighted by atomic mass is 16.2. The second-order valence-electron chi connectivity index (χ2n) is 2.56. The minimum atomic E-state index is -0.515. The molecule has 0 fully saturated rings. The van der Waals surface area contributed by atoms with Crippen molar-refractivity contribution in [3.8, 4) is 6.07 Å². The molecule has 0 heterocycles. The van der Waals surface area contributed by atoms with Gasteiger partial charge in [-0.3, -0.25) is 4.79 Å². The summed E-state index contributed by atoms with van der Waals surface area (Å²) < 4.78 is 0. The van der Waals surface area contributed by atoms with Gasteiger partial charge in [-0.2, -0.15) is 5.26 Å². The lowest BCUT2D eigenvalue weighted by Crippen LogP contribution is -2.25. The van der Waals surface area contributed by atoms with Crippen LogP contribution in [-0.4, -0.2) is 30.9 Å². The smallest absolute Gasteiger partial charge is 0.222 e. The van der Waals surface area contributed by atoms with Crippen LogP contribution in [0.25, 0.3) is 0 Å². The lowest BCUT2D eigenvalue weighted by Gasteiger charge is -2.09. The fraction of sp³-hybridized carbons (Fsp3) is 0.778. The van der Waals surface area contributed by atoms with E-state index in [2.05, 4.69) is 0 Å². The van der Waals surface area contributed by atoms with Gasteiger partial charge in [0, 0.05) is 21.9 Å². The minimum Gasteiger partial charge on any atom is -0.349 e. The van der Waals surface area contributed by atoms with E-state index in [9.17, 15) is 4.79 Å². The van der Waals surface area contributed by atoms with Crippen molar-refractivity contribution in [2.45, 2.75) is 32.7 Å². The summed E-state index contributed by atoms with van der Waals surface area (Å²) in [5, 5.41) is 8.29. The van der Waals surface area contributed by atoms with E-state index in [0.29, 0.717) is 12.8 Å². The van der Waals surface area contributed by atoms with Gasteiger partial charge in [-0.05, 0) is 6.42 Å². The van der Waals surface area contributed by atoms with Crippen LogP contribution in [0.5, 0.6) is 0 Å². The molecule has 0 aliphatic rings. The van der Waals surface area contributed by atoms with Crippen LogP contribution in [0.1, 0.15) is 28.1 Å². The Balaban J connectivity index is -0.000000376. The topological polar surface area (TPSA) is 70.1 Å². The summed E-state index contributed by atoms with van der Waals surface area (Å²) in [6.07, 6.45) is 0.787. The van der Waals surface area contributed by atoms with Gasteiger partial charge in [0.25, 0.3) is 0 Å². The number of nitriles is 1. The van der Waals surface area contributed by atoms with Gasteiger partial charge in [0.05, 0.1) is 12.1 Å². The van der Waals surface area contributed by atoms with Gasteiger partial charge in [-0.15, -0.1) is 0 Å². The van der Waals surface area contributed by atoms with Gasteiger partial charge in [0.2, 0.25) is 5.91 Å². The van der Waals surface area contributed by atoms with Crippen molar-refractivity contribution >= 4 is 5.91 Å². The summed E-state index contributed by atoms with van der Waals surface area (Å²) in [5.74, 6) is 0.00991. The number of nitrogens with zero attached hydrogens (tertiary/aromatic N) is 2. The van der Waals surface area contributed by atoms with Crippen LogP contribution in [0.3, 0.4) is 0 Å². The molecule has 1 unspecified atom stereocenters. The van der Waals surface area contributed by atoms with E-state index in [4.69, 9.17) is 11.0 Å². The maximum absolute atomic E-state index is 10.9. The number of rotatable bonds is 3. The number of hydrogen-bond acceptors (Lipinski definition) is 3. The Morgan fingerprint density at radius 2 is 2.08 bits per heavy atom. The fourth-order valence-corrected chi connectivity index (χ4v) is 0.567. The van der Waals surface area contributed by atoms with E-state index < -0.39 is 6.04 Å². The second-order valence-corrected chi connectivity index (χ2v) is 2.56. The largest absolute Gasteiger partial charge is 0.349 e. The average molecular weight is 187 g/mol. The third-order valence-corrected chi connectivity index (χ3v) is 1.33. The summed E-state index contributed by atoms with van der Waals surface area (Å²) in [4.78, 5) is 12.4. The Morgan fingerprint density at radius 3 is 2.38 bits per heavy atom. The Kier molecular flexibility index (Phi) is 10.0. The highest BCUT2D eigenvalue weighted by Crippen LogP contribution is 1.95. The molecule has 0 saturated carbocycles. The number of carbonyl (C=O) groups is 1.